The average molecular weight is 569 g/mol. The van der Waals surface area contributed by atoms with Crippen molar-refractivity contribution in [3.05, 3.63) is 123 Å². The maximum atomic E-state index is 11.0. The van der Waals surface area contributed by atoms with Crippen molar-refractivity contribution in [3.63, 3.8) is 0 Å². The van der Waals surface area contributed by atoms with Gasteiger partial charge >= 0.3 is 0 Å². The minimum absolute atomic E-state index is 0.0399. The fourth-order valence-electron chi connectivity index (χ4n) is 7.70. The van der Waals surface area contributed by atoms with Crippen molar-refractivity contribution in [2.24, 2.45) is 11.8 Å². The van der Waals surface area contributed by atoms with Crippen LogP contribution in [0.15, 0.2) is 78.4 Å². The topological polar surface area (TPSA) is 101 Å². The Morgan fingerprint density at radius 1 is 0.721 bits per heavy atom. The molecule has 5 N–H and O–H groups in total. The van der Waals surface area contributed by atoms with E-state index in [1.165, 1.54) is 33.4 Å². The number of rotatable bonds is 3. The summed E-state index contributed by atoms with van der Waals surface area (Å²) in [6.45, 7) is 2.25. The maximum Gasteiger partial charge on any atom is 0.208 e. The van der Waals surface area contributed by atoms with Gasteiger partial charge in [-0.15, -0.1) is 0 Å². The first kappa shape index (κ1) is 25.8. The van der Waals surface area contributed by atoms with Gasteiger partial charge in [0.25, 0.3) is 0 Å². The molecule has 0 bridgehead atoms. The molecule has 0 aromatic heterocycles. The van der Waals surface area contributed by atoms with Crippen molar-refractivity contribution in [2.45, 2.75) is 38.5 Å². The zero-order valence-corrected chi connectivity index (χ0v) is 23.8. The molecule has 4 aromatic rings. The van der Waals surface area contributed by atoms with Crippen LogP contribution in [0.2, 0.25) is 0 Å². The predicted molar refractivity (Wildman–Crippen MR) is 168 cm³/mol. The molecule has 214 valence electrons. The molecular formula is C38H32O5. The average Bonchev–Trinajstić information content (AvgIpc) is 3.83. The summed E-state index contributed by atoms with van der Waals surface area (Å²) in [6, 6.07) is 19.5. The Morgan fingerprint density at radius 2 is 1.44 bits per heavy atom. The number of hydrogen-bond acceptors (Lipinski definition) is 5. The lowest BCUT2D eigenvalue weighted by Gasteiger charge is -2.39. The van der Waals surface area contributed by atoms with E-state index in [1.54, 1.807) is 0 Å². The van der Waals surface area contributed by atoms with E-state index in [-0.39, 0.29) is 11.5 Å². The normalized spacial score (nSPS) is 21.2. The van der Waals surface area contributed by atoms with Crippen molar-refractivity contribution in [2.75, 3.05) is 0 Å². The lowest BCUT2D eigenvalue weighted by atomic mass is 9.64. The van der Waals surface area contributed by atoms with Crippen LogP contribution in [0.4, 0.5) is 0 Å². The van der Waals surface area contributed by atoms with Crippen LogP contribution in [0.1, 0.15) is 70.2 Å². The lowest BCUT2D eigenvalue weighted by molar-refractivity contribution is 0.318. The SMILES string of the molecule is CC1C=Cc2c(cccc2-c2ccc(C3=C4C=CCCC4C(c4c(O)c(O)c(O)c(O)c4O)c4ccc5c(c43)C5)cc2)C1. The van der Waals surface area contributed by atoms with E-state index in [9.17, 15) is 25.5 Å². The van der Waals surface area contributed by atoms with Crippen molar-refractivity contribution < 1.29 is 25.5 Å². The van der Waals surface area contributed by atoms with E-state index in [0.29, 0.717) is 5.92 Å². The maximum absolute atomic E-state index is 11.0. The van der Waals surface area contributed by atoms with Gasteiger partial charge in [-0.25, -0.2) is 0 Å². The first-order valence-electron chi connectivity index (χ1n) is 15.0. The van der Waals surface area contributed by atoms with Crippen LogP contribution in [0.3, 0.4) is 0 Å². The predicted octanol–water partition coefficient (Wildman–Crippen LogP) is 7.90. The van der Waals surface area contributed by atoms with Crippen LogP contribution in [0.25, 0.3) is 22.8 Å². The molecule has 43 heavy (non-hydrogen) atoms. The second-order valence-corrected chi connectivity index (χ2v) is 12.4. The molecule has 3 unspecified atom stereocenters. The third kappa shape index (κ3) is 3.77. The molecule has 0 amide bonds. The third-order valence-electron chi connectivity index (χ3n) is 9.83. The fourth-order valence-corrected chi connectivity index (χ4v) is 7.70. The van der Waals surface area contributed by atoms with Crippen LogP contribution in [0.5, 0.6) is 28.7 Å². The Morgan fingerprint density at radius 3 is 2.21 bits per heavy atom. The van der Waals surface area contributed by atoms with Gasteiger partial charge < -0.3 is 25.5 Å². The van der Waals surface area contributed by atoms with E-state index in [2.05, 4.69) is 85.8 Å². The standard InChI is InChI=1S/C38H32O5/c1-19-9-15-25-22(17-19)5-4-8-24(25)20-10-12-21(13-11-20)30-26-6-2-3-7-27(26)31(28-16-14-23-18-29(23)32(28)30)33-34(39)36(41)38(43)37(42)35(33)40/h2,4-6,8-16,19,27,31,39-43H,3,7,17-18H2,1H3. The molecule has 4 aliphatic rings. The summed E-state index contributed by atoms with van der Waals surface area (Å²) in [4.78, 5) is 0. The minimum atomic E-state index is -0.931. The van der Waals surface area contributed by atoms with Gasteiger partial charge in [0.15, 0.2) is 11.5 Å². The number of phenolic OH excluding ortho intramolecular Hbond substituents is 5. The molecule has 0 spiro atoms. The summed E-state index contributed by atoms with van der Waals surface area (Å²) in [5.74, 6) is -3.91. The summed E-state index contributed by atoms with van der Waals surface area (Å²) in [6.07, 6.45) is 12.4. The van der Waals surface area contributed by atoms with E-state index in [0.717, 1.165) is 53.5 Å². The second-order valence-electron chi connectivity index (χ2n) is 12.4. The zero-order valence-electron chi connectivity index (χ0n) is 23.8. The van der Waals surface area contributed by atoms with Gasteiger partial charge in [0.2, 0.25) is 17.2 Å². The fraction of sp³-hybridized carbons (Fsp3) is 0.211. The van der Waals surface area contributed by atoms with Crippen LogP contribution < -0.4 is 0 Å². The highest BCUT2D eigenvalue weighted by molar-refractivity contribution is 5.93. The first-order valence-corrected chi connectivity index (χ1v) is 15.0. The number of allylic oxidation sites excluding steroid dienone is 4. The molecular weight excluding hydrogens is 536 g/mol. The minimum Gasteiger partial charge on any atom is -0.504 e. The Labute approximate surface area is 250 Å². The Bertz CT molecular complexity index is 1910. The summed E-state index contributed by atoms with van der Waals surface area (Å²) < 4.78 is 0. The summed E-state index contributed by atoms with van der Waals surface area (Å²) in [7, 11) is 0. The van der Waals surface area contributed by atoms with Gasteiger partial charge in [-0.2, -0.15) is 0 Å². The first-order chi connectivity index (χ1) is 20.8. The van der Waals surface area contributed by atoms with Gasteiger partial charge in [-0.3, -0.25) is 0 Å². The number of phenols is 5. The third-order valence-corrected chi connectivity index (χ3v) is 9.83. The zero-order chi connectivity index (χ0) is 29.6. The lowest BCUT2D eigenvalue weighted by Crippen LogP contribution is -2.25. The highest BCUT2D eigenvalue weighted by atomic mass is 16.4. The van der Waals surface area contributed by atoms with Gasteiger partial charge in [0.1, 0.15) is 0 Å². The largest absolute Gasteiger partial charge is 0.504 e. The van der Waals surface area contributed by atoms with E-state index in [4.69, 9.17) is 0 Å². The van der Waals surface area contributed by atoms with Gasteiger partial charge in [-0.1, -0.05) is 85.8 Å². The number of benzene rings is 4. The van der Waals surface area contributed by atoms with Crippen LogP contribution >= 0.6 is 0 Å². The number of hydrogen-bond donors (Lipinski definition) is 5. The highest BCUT2D eigenvalue weighted by Gasteiger charge is 2.43. The molecule has 8 rings (SSSR count). The van der Waals surface area contributed by atoms with Crippen LogP contribution in [-0.2, 0) is 12.8 Å². The van der Waals surface area contributed by atoms with Gasteiger partial charge in [0, 0.05) is 5.92 Å². The molecule has 0 saturated heterocycles. The molecule has 5 nitrogen and oxygen atoms in total. The Balaban J connectivity index is 1.30. The van der Waals surface area contributed by atoms with Crippen molar-refractivity contribution in [3.8, 4) is 39.9 Å². The molecule has 0 saturated carbocycles. The van der Waals surface area contributed by atoms with Gasteiger partial charge in [0.05, 0.1) is 5.56 Å². The van der Waals surface area contributed by atoms with Crippen LogP contribution in [0, 0.1) is 11.8 Å². The molecule has 0 heterocycles. The number of fused-ring (bicyclic) bond motifs is 5. The molecule has 0 aliphatic heterocycles. The van der Waals surface area contributed by atoms with Crippen LogP contribution in [-0.4, -0.2) is 25.5 Å². The molecule has 0 fully saturated rings. The Kier molecular flexibility index (Phi) is 5.58. The summed E-state index contributed by atoms with van der Waals surface area (Å²) in [5.41, 5.74) is 13.0. The van der Waals surface area contributed by atoms with E-state index < -0.39 is 34.7 Å². The molecule has 3 atom stereocenters. The quantitative estimate of drug-likeness (QED) is 0.112. The van der Waals surface area contributed by atoms with E-state index in [1.807, 2.05) is 0 Å². The Hall–Kier alpha value is -4.90. The summed E-state index contributed by atoms with van der Waals surface area (Å²) >= 11 is 0. The van der Waals surface area contributed by atoms with Gasteiger partial charge in [-0.05, 0) is 98.7 Å². The van der Waals surface area contributed by atoms with Crippen molar-refractivity contribution >= 4 is 11.6 Å². The second kappa shape index (κ2) is 9.30. The molecule has 4 aromatic carbocycles. The van der Waals surface area contributed by atoms with Crippen molar-refractivity contribution in [1.29, 1.82) is 0 Å². The highest BCUT2D eigenvalue weighted by Crippen LogP contribution is 2.61. The molecule has 0 radical (unpaired) electrons. The smallest absolute Gasteiger partial charge is 0.208 e. The number of aromatic hydroxyl groups is 5. The summed E-state index contributed by atoms with van der Waals surface area (Å²) in [5, 5.41) is 53.1. The monoisotopic (exact) mass is 568 g/mol. The molecule has 5 heteroatoms. The van der Waals surface area contributed by atoms with Crippen molar-refractivity contribution in [1.82, 2.24) is 0 Å². The molecule has 4 aliphatic carbocycles. The van der Waals surface area contributed by atoms with E-state index >= 15 is 0 Å².